The summed E-state index contributed by atoms with van der Waals surface area (Å²) in [6.07, 6.45) is 1.47. The molecule has 118 valence electrons. The number of hydrogen-bond donors (Lipinski definition) is 0. The van der Waals surface area contributed by atoms with Crippen LogP contribution in [-0.2, 0) is 4.84 Å². The number of benzene rings is 3. The van der Waals surface area contributed by atoms with Crippen LogP contribution in [0.3, 0.4) is 0 Å². The molecule has 0 fully saturated rings. The van der Waals surface area contributed by atoms with Gasteiger partial charge in [-0.3, -0.25) is 0 Å². The molecule has 0 atom stereocenters. The lowest BCUT2D eigenvalue weighted by atomic mass is 10.2. The van der Waals surface area contributed by atoms with Gasteiger partial charge in [-0.2, -0.15) is 0 Å². The van der Waals surface area contributed by atoms with Crippen molar-refractivity contribution >= 4 is 12.2 Å². The normalized spacial score (nSPS) is 10.5. The maximum absolute atomic E-state index is 11.8. The lowest BCUT2D eigenvalue weighted by Gasteiger charge is -2.05. The number of rotatable bonds is 5. The second-order valence-electron chi connectivity index (χ2n) is 4.97. The number of ether oxygens (including phenoxy) is 1. The molecule has 4 nitrogen and oxygen atoms in total. The number of hydrogen-bond acceptors (Lipinski definition) is 4. The summed E-state index contributed by atoms with van der Waals surface area (Å²) >= 11 is 0. The van der Waals surface area contributed by atoms with E-state index >= 15 is 0 Å². The van der Waals surface area contributed by atoms with E-state index in [1.54, 1.807) is 24.3 Å². The molecule has 0 spiro atoms. The summed E-state index contributed by atoms with van der Waals surface area (Å²) < 4.78 is 5.75. The van der Waals surface area contributed by atoms with Crippen molar-refractivity contribution in [3.05, 3.63) is 96.1 Å². The van der Waals surface area contributed by atoms with E-state index < -0.39 is 5.97 Å². The van der Waals surface area contributed by atoms with Crippen molar-refractivity contribution < 1.29 is 14.4 Å². The van der Waals surface area contributed by atoms with E-state index in [4.69, 9.17) is 9.57 Å². The molecule has 0 bridgehead atoms. The highest BCUT2D eigenvalue weighted by Gasteiger charge is 2.04. The average molecular weight is 317 g/mol. The van der Waals surface area contributed by atoms with Crippen LogP contribution in [0, 0.1) is 0 Å². The Morgan fingerprint density at radius 1 is 0.792 bits per heavy atom. The molecule has 3 aromatic carbocycles. The first-order valence-corrected chi connectivity index (χ1v) is 7.44. The summed E-state index contributed by atoms with van der Waals surface area (Å²) in [4.78, 5) is 16.7. The van der Waals surface area contributed by atoms with Gasteiger partial charge in [-0.25, -0.2) is 4.79 Å². The molecule has 3 aromatic rings. The van der Waals surface area contributed by atoms with Crippen LogP contribution < -0.4 is 4.74 Å². The van der Waals surface area contributed by atoms with E-state index in [1.165, 1.54) is 6.21 Å². The third kappa shape index (κ3) is 4.30. The molecule has 0 aromatic heterocycles. The highest BCUT2D eigenvalue weighted by molar-refractivity contribution is 5.90. The van der Waals surface area contributed by atoms with Gasteiger partial charge in [-0.05, 0) is 42.0 Å². The van der Waals surface area contributed by atoms with E-state index in [0.717, 1.165) is 11.3 Å². The minimum atomic E-state index is -0.497. The van der Waals surface area contributed by atoms with Crippen molar-refractivity contribution in [3.63, 3.8) is 0 Å². The van der Waals surface area contributed by atoms with Gasteiger partial charge in [-0.15, -0.1) is 0 Å². The first-order chi connectivity index (χ1) is 11.8. The topological polar surface area (TPSA) is 47.9 Å². The molecule has 0 saturated carbocycles. The molecule has 24 heavy (non-hydrogen) atoms. The second-order valence-corrected chi connectivity index (χ2v) is 4.97. The molecule has 3 rings (SSSR count). The van der Waals surface area contributed by atoms with Gasteiger partial charge in [0.1, 0.15) is 11.5 Å². The number of carbonyl (C=O) groups excluding carboxylic acids is 1. The zero-order chi connectivity index (χ0) is 16.6. The molecule has 0 heterocycles. The van der Waals surface area contributed by atoms with Gasteiger partial charge in [0, 0.05) is 0 Å². The lowest BCUT2D eigenvalue weighted by molar-refractivity contribution is 0.0519. The summed E-state index contributed by atoms with van der Waals surface area (Å²) in [6.45, 7) is 0. The number of para-hydroxylation sites is 1. The van der Waals surface area contributed by atoms with Crippen LogP contribution in [0.25, 0.3) is 0 Å². The number of oxime groups is 1. The number of nitrogens with zero attached hydrogens (tertiary/aromatic N) is 1. The molecule has 0 aliphatic heterocycles. The highest BCUT2D eigenvalue weighted by Crippen LogP contribution is 2.21. The lowest BCUT2D eigenvalue weighted by Crippen LogP contribution is -2.00. The van der Waals surface area contributed by atoms with E-state index in [1.807, 2.05) is 60.7 Å². The molecule has 4 heteroatoms. The molecule has 0 amide bonds. The molecule has 0 saturated heterocycles. The first kappa shape index (κ1) is 15.5. The summed E-state index contributed by atoms with van der Waals surface area (Å²) in [5.41, 5.74) is 1.22. The van der Waals surface area contributed by atoms with Crippen molar-refractivity contribution in [1.29, 1.82) is 0 Å². The molecule has 0 aliphatic rings. The minimum absolute atomic E-state index is 0.454. The number of carbonyl (C=O) groups is 1. The molecular weight excluding hydrogens is 302 g/mol. The molecule has 0 aliphatic carbocycles. The third-order valence-electron chi connectivity index (χ3n) is 3.18. The highest BCUT2D eigenvalue weighted by atomic mass is 16.7. The Kier molecular flexibility index (Phi) is 5.00. The van der Waals surface area contributed by atoms with Gasteiger partial charge in [0.25, 0.3) is 0 Å². The van der Waals surface area contributed by atoms with Crippen molar-refractivity contribution in [2.75, 3.05) is 0 Å². The second kappa shape index (κ2) is 7.74. The van der Waals surface area contributed by atoms with Crippen molar-refractivity contribution in [3.8, 4) is 11.5 Å². The largest absolute Gasteiger partial charge is 0.457 e. The molecular formula is C20H15NO3. The van der Waals surface area contributed by atoms with Crippen LogP contribution in [0.4, 0.5) is 0 Å². The van der Waals surface area contributed by atoms with Gasteiger partial charge in [0.05, 0.1) is 11.8 Å². The quantitative estimate of drug-likeness (QED) is 0.390. The Morgan fingerprint density at radius 2 is 1.46 bits per heavy atom. The summed E-state index contributed by atoms with van der Waals surface area (Å²) in [5, 5.41) is 3.74. The SMILES string of the molecule is O=C(O/N=C\c1cccc(Oc2ccccc2)c1)c1ccccc1. The molecule has 0 N–H and O–H groups in total. The van der Waals surface area contributed by atoms with Gasteiger partial charge in [0.15, 0.2) is 0 Å². The fourth-order valence-electron chi connectivity index (χ4n) is 2.04. The van der Waals surface area contributed by atoms with Crippen LogP contribution in [0.2, 0.25) is 0 Å². The van der Waals surface area contributed by atoms with Crippen LogP contribution in [0.1, 0.15) is 15.9 Å². The fourth-order valence-corrected chi connectivity index (χ4v) is 2.04. The van der Waals surface area contributed by atoms with Gasteiger partial charge in [0.2, 0.25) is 0 Å². The monoisotopic (exact) mass is 317 g/mol. The van der Waals surface area contributed by atoms with Gasteiger partial charge < -0.3 is 9.57 Å². The molecule has 0 radical (unpaired) electrons. The average Bonchev–Trinajstić information content (AvgIpc) is 2.63. The summed E-state index contributed by atoms with van der Waals surface area (Å²) in [5.74, 6) is 0.935. The van der Waals surface area contributed by atoms with Crippen LogP contribution in [0.15, 0.2) is 90.1 Å². The maximum atomic E-state index is 11.8. The Balaban J connectivity index is 1.63. The Labute approximate surface area is 140 Å². The van der Waals surface area contributed by atoms with Crippen LogP contribution >= 0.6 is 0 Å². The van der Waals surface area contributed by atoms with Crippen molar-refractivity contribution in [1.82, 2.24) is 0 Å². The van der Waals surface area contributed by atoms with E-state index in [9.17, 15) is 4.79 Å². The fraction of sp³-hybridized carbons (Fsp3) is 0. The summed E-state index contributed by atoms with van der Waals surface area (Å²) in [6, 6.07) is 25.6. The Hall–Kier alpha value is -3.40. The minimum Gasteiger partial charge on any atom is -0.457 e. The predicted octanol–water partition coefficient (Wildman–Crippen LogP) is 4.67. The van der Waals surface area contributed by atoms with E-state index in [0.29, 0.717) is 11.3 Å². The van der Waals surface area contributed by atoms with E-state index in [2.05, 4.69) is 5.16 Å². The summed E-state index contributed by atoms with van der Waals surface area (Å²) in [7, 11) is 0. The standard InChI is InChI=1S/C20H15NO3/c22-20(17-9-3-1-4-10-17)24-21-15-16-8-7-13-19(14-16)23-18-11-5-2-6-12-18/h1-15H/b21-15-. The van der Waals surface area contributed by atoms with Gasteiger partial charge >= 0.3 is 5.97 Å². The van der Waals surface area contributed by atoms with Crippen LogP contribution in [0.5, 0.6) is 11.5 Å². The Bertz CT molecular complexity index is 830. The third-order valence-corrected chi connectivity index (χ3v) is 3.18. The van der Waals surface area contributed by atoms with Crippen LogP contribution in [-0.4, -0.2) is 12.2 Å². The zero-order valence-electron chi connectivity index (χ0n) is 12.8. The maximum Gasteiger partial charge on any atom is 0.365 e. The zero-order valence-corrected chi connectivity index (χ0v) is 12.8. The van der Waals surface area contributed by atoms with Gasteiger partial charge in [-0.1, -0.05) is 53.7 Å². The Morgan fingerprint density at radius 3 is 2.21 bits per heavy atom. The van der Waals surface area contributed by atoms with Crippen molar-refractivity contribution in [2.45, 2.75) is 0 Å². The van der Waals surface area contributed by atoms with Crippen molar-refractivity contribution in [2.24, 2.45) is 5.16 Å². The molecule has 0 unspecified atom stereocenters. The predicted molar refractivity (Wildman–Crippen MR) is 92.4 cm³/mol. The van der Waals surface area contributed by atoms with E-state index in [-0.39, 0.29) is 0 Å². The first-order valence-electron chi connectivity index (χ1n) is 7.44. The smallest absolute Gasteiger partial charge is 0.365 e.